The topological polar surface area (TPSA) is 51.8 Å². The molecular weight excluding hydrogens is 310 g/mol. The summed E-state index contributed by atoms with van der Waals surface area (Å²) in [6.45, 7) is 0. The quantitative estimate of drug-likeness (QED) is 0.775. The first kappa shape index (κ1) is 13.7. The maximum atomic E-state index is 5.97. The molecule has 3 aromatic rings. The highest BCUT2D eigenvalue weighted by Gasteiger charge is 2.05. The van der Waals surface area contributed by atoms with Crippen LogP contribution in [0.5, 0.6) is 0 Å². The molecule has 0 bridgehead atoms. The summed E-state index contributed by atoms with van der Waals surface area (Å²) >= 11 is 9.28. The maximum absolute atomic E-state index is 5.97. The first-order valence-corrected chi connectivity index (χ1v) is 8.40. The van der Waals surface area contributed by atoms with E-state index in [1.165, 1.54) is 4.88 Å². The Balaban J connectivity index is 1.71. The third-order valence-electron chi connectivity index (χ3n) is 2.78. The number of benzene rings is 1. The summed E-state index contributed by atoms with van der Waals surface area (Å²) in [4.78, 5) is 10.2. The van der Waals surface area contributed by atoms with Crippen LogP contribution in [-0.4, -0.2) is 9.97 Å². The molecule has 0 amide bonds. The van der Waals surface area contributed by atoms with Crippen LogP contribution in [0.3, 0.4) is 0 Å². The van der Waals surface area contributed by atoms with Crippen LogP contribution in [0.2, 0.25) is 4.34 Å². The van der Waals surface area contributed by atoms with Crippen molar-refractivity contribution >= 4 is 51.4 Å². The third-order valence-corrected chi connectivity index (χ3v) is 5.17. The van der Waals surface area contributed by atoms with Gasteiger partial charge in [-0.1, -0.05) is 23.7 Å². The zero-order valence-electron chi connectivity index (χ0n) is 10.5. The summed E-state index contributed by atoms with van der Waals surface area (Å²) < 4.78 is 0.826. The fourth-order valence-electron chi connectivity index (χ4n) is 1.89. The number of thiophene rings is 1. The minimum absolute atomic E-state index is 0.547. The molecule has 0 saturated heterocycles. The zero-order chi connectivity index (χ0) is 13.9. The minimum Gasteiger partial charge on any atom is -0.383 e. The summed E-state index contributed by atoms with van der Waals surface area (Å²) in [6.07, 6.45) is 0. The summed E-state index contributed by atoms with van der Waals surface area (Å²) in [6, 6.07) is 11.8. The van der Waals surface area contributed by atoms with Crippen molar-refractivity contribution in [2.45, 2.75) is 11.5 Å². The monoisotopic (exact) mass is 321 g/mol. The number of thioether (sulfide) groups is 1. The van der Waals surface area contributed by atoms with Crippen LogP contribution in [-0.2, 0) is 11.5 Å². The lowest BCUT2D eigenvalue weighted by Crippen LogP contribution is -1.99. The Kier molecular flexibility index (Phi) is 4.10. The number of anilines is 1. The lowest BCUT2D eigenvalue weighted by Gasteiger charge is -2.04. The maximum Gasteiger partial charge on any atom is 0.141 e. The highest BCUT2D eigenvalue weighted by atomic mass is 35.5. The van der Waals surface area contributed by atoms with E-state index in [2.05, 4.69) is 16.0 Å². The number of hydrogen-bond acceptors (Lipinski definition) is 5. The number of rotatable bonds is 4. The number of fused-ring (bicyclic) bond motifs is 1. The van der Waals surface area contributed by atoms with E-state index in [1.54, 1.807) is 23.1 Å². The van der Waals surface area contributed by atoms with E-state index in [9.17, 15) is 0 Å². The molecule has 0 aliphatic rings. The van der Waals surface area contributed by atoms with Crippen LogP contribution in [0.4, 0.5) is 5.82 Å². The van der Waals surface area contributed by atoms with Gasteiger partial charge in [0.05, 0.1) is 15.6 Å². The fourth-order valence-corrected chi connectivity index (χ4v) is 3.97. The lowest BCUT2D eigenvalue weighted by atomic mass is 10.2. The smallest absolute Gasteiger partial charge is 0.141 e. The van der Waals surface area contributed by atoms with Gasteiger partial charge in [0.2, 0.25) is 0 Å². The number of halogens is 1. The Morgan fingerprint density at radius 3 is 2.75 bits per heavy atom. The van der Waals surface area contributed by atoms with Gasteiger partial charge in [0.1, 0.15) is 11.6 Å². The van der Waals surface area contributed by atoms with Crippen molar-refractivity contribution in [3.8, 4) is 0 Å². The van der Waals surface area contributed by atoms with Gasteiger partial charge in [-0.2, -0.15) is 0 Å². The lowest BCUT2D eigenvalue weighted by molar-refractivity contribution is 1.08. The number of nitrogens with two attached hydrogens (primary N) is 1. The fraction of sp³-hybridized carbons (Fsp3) is 0.143. The number of nitrogens with zero attached hydrogens (tertiary/aromatic N) is 2. The van der Waals surface area contributed by atoms with Gasteiger partial charge in [-0.25, -0.2) is 9.97 Å². The second-order valence-electron chi connectivity index (χ2n) is 4.24. The molecule has 20 heavy (non-hydrogen) atoms. The van der Waals surface area contributed by atoms with Gasteiger partial charge in [0, 0.05) is 16.0 Å². The van der Waals surface area contributed by atoms with E-state index in [0.29, 0.717) is 5.82 Å². The molecule has 2 heterocycles. The largest absolute Gasteiger partial charge is 0.383 e. The predicted molar refractivity (Wildman–Crippen MR) is 88.3 cm³/mol. The molecule has 0 aliphatic carbocycles. The molecule has 2 aromatic heterocycles. The Morgan fingerprint density at radius 1 is 1.10 bits per heavy atom. The Hall–Kier alpha value is -1.30. The molecule has 2 N–H and O–H groups in total. The molecule has 3 rings (SSSR count). The molecule has 1 aromatic carbocycles. The highest BCUT2D eigenvalue weighted by molar-refractivity contribution is 7.97. The van der Waals surface area contributed by atoms with Crippen molar-refractivity contribution in [3.63, 3.8) is 0 Å². The van der Waals surface area contributed by atoms with Gasteiger partial charge in [-0.3, -0.25) is 0 Å². The molecule has 0 saturated carbocycles. The Bertz CT molecular complexity index is 742. The van der Waals surface area contributed by atoms with Gasteiger partial charge in [0.25, 0.3) is 0 Å². The summed E-state index contributed by atoms with van der Waals surface area (Å²) in [7, 11) is 0. The average molecular weight is 322 g/mol. The van der Waals surface area contributed by atoms with Crippen molar-refractivity contribution in [3.05, 3.63) is 51.4 Å². The Morgan fingerprint density at radius 2 is 1.95 bits per heavy atom. The van der Waals surface area contributed by atoms with Crippen molar-refractivity contribution in [2.75, 3.05) is 5.73 Å². The number of para-hydroxylation sites is 1. The molecular formula is C14H12ClN3S2. The molecule has 3 nitrogen and oxygen atoms in total. The third kappa shape index (κ3) is 3.06. The van der Waals surface area contributed by atoms with E-state index >= 15 is 0 Å². The minimum atomic E-state index is 0.547. The van der Waals surface area contributed by atoms with Crippen molar-refractivity contribution in [1.82, 2.24) is 9.97 Å². The van der Waals surface area contributed by atoms with Gasteiger partial charge in [-0.15, -0.1) is 23.1 Å². The Labute approximate surface area is 130 Å². The van der Waals surface area contributed by atoms with Crippen molar-refractivity contribution in [2.24, 2.45) is 0 Å². The van der Waals surface area contributed by atoms with Crippen molar-refractivity contribution in [1.29, 1.82) is 0 Å². The first-order valence-electron chi connectivity index (χ1n) is 6.05. The van der Waals surface area contributed by atoms with Crippen LogP contribution >= 0.6 is 34.7 Å². The van der Waals surface area contributed by atoms with E-state index in [1.807, 2.05) is 30.3 Å². The highest BCUT2D eigenvalue weighted by Crippen LogP contribution is 2.26. The van der Waals surface area contributed by atoms with E-state index in [0.717, 1.165) is 32.6 Å². The molecule has 0 fully saturated rings. The molecule has 0 radical (unpaired) electrons. The van der Waals surface area contributed by atoms with Gasteiger partial charge in [0.15, 0.2) is 0 Å². The van der Waals surface area contributed by atoms with Crippen LogP contribution < -0.4 is 5.73 Å². The molecule has 0 atom stereocenters. The second kappa shape index (κ2) is 5.99. The molecule has 0 spiro atoms. The number of hydrogen-bond donors (Lipinski definition) is 1. The summed E-state index contributed by atoms with van der Waals surface area (Å²) in [5, 5.41) is 0.909. The first-order chi connectivity index (χ1) is 9.72. The standard InChI is InChI=1S/C14H12ClN3S2/c15-12-6-5-9(20-12)7-19-8-13-17-11-4-2-1-3-10(11)14(16)18-13/h1-6H,7-8H2,(H2,16,17,18). The molecule has 6 heteroatoms. The van der Waals surface area contributed by atoms with Gasteiger partial charge in [-0.05, 0) is 24.3 Å². The van der Waals surface area contributed by atoms with Gasteiger partial charge < -0.3 is 5.73 Å². The molecule has 102 valence electrons. The van der Waals surface area contributed by atoms with Crippen molar-refractivity contribution < 1.29 is 0 Å². The van der Waals surface area contributed by atoms with E-state index < -0.39 is 0 Å². The molecule has 0 unspecified atom stereocenters. The van der Waals surface area contributed by atoms with Crippen LogP contribution in [0.25, 0.3) is 10.9 Å². The summed E-state index contributed by atoms with van der Waals surface area (Å²) in [5.74, 6) is 2.97. The molecule has 0 aliphatic heterocycles. The number of aromatic nitrogens is 2. The predicted octanol–water partition coefficient (Wildman–Crippen LogP) is 4.36. The number of nitrogen functional groups attached to an aromatic ring is 1. The average Bonchev–Trinajstić information content (AvgIpc) is 2.85. The SMILES string of the molecule is Nc1nc(CSCc2ccc(Cl)s2)nc2ccccc12. The second-order valence-corrected chi connectivity index (χ2v) is 7.03. The van der Waals surface area contributed by atoms with Crippen LogP contribution in [0, 0.1) is 0 Å². The van der Waals surface area contributed by atoms with Crippen LogP contribution in [0.1, 0.15) is 10.7 Å². The zero-order valence-corrected chi connectivity index (χ0v) is 12.9. The van der Waals surface area contributed by atoms with E-state index in [4.69, 9.17) is 17.3 Å². The van der Waals surface area contributed by atoms with E-state index in [-0.39, 0.29) is 0 Å². The van der Waals surface area contributed by atoms with Gasteiger partial charge >= 0.3 is 0 Å². The van der Waals surface area contributed by atoms with Crippen LogP contribution in [0.15, 0.2) is 36.4 Å². The summed E-state index contributed by atoms with van der Waals surface area (Å²) in [5.41, 5.74) is 6.87. The normalized spacial score (nSPS) is 11.1.